The van der Waals surface area contributed by atoms with E-state index in [1.165, 1.54) is 5.56 Å². The molecule has 2 heteroatoms. The van der Waals surface area contributed by atoms with E-state index < -0.39 is 0 Å². The van der Waals surface area contributed by atoms with Crippen molar-refractivity contribution in [1.29, 1.82) is 0 Å². The summed E-state index contributed by atoms with van der Waals surface area (Å²) in [5, 5.41) is 0. The third-order valence-electron chi connectivity index (χ3n) is 1.51. The largest absolute Gasteiger partial charge is 0.481 e. The predicted octanol–water partition coefficient (Wildman–Crippen LogP) is 2.40. The van der Waals surface area contributed by atoms with Crippen LogP contribution < -0.4 is 4.74 Å². The Morgan fingerprint density at radius 3 is 2.38 bits per heavy atom. The Morgan fingerprint density at radius 1 is 1.23 bits per heavy atom. The van der Waals surface area contributed by atoms with Crippen LogP contribution in [0.1, 0.15) is 12.5 Å². The normalized spacial score (nSPS) is 7.85. The molecule has 0 aliphatic heterocycles. The predicted molar refractivity (Wildman–Crippen MR) is 50.1 cm³/mol. The van der Waals surface area contributed by atoms with Crippen molar-refractivity contribution in [3.63, 3.8) is 0 Å². The van der Waals surface area contributed by atoms with Gasteiger partial charge in [-0.25, -0.2) is 0 Å². The molecular weight excluding hydrogens is 386 g/mol. The maximum atomic E-state index is 5.33. The van der Waals surface area contributed by atoms with Crippen LogP contribution in [-0.4, -0.2) is 6.61 Å². The summed E-state index contributed by atoms with van der Waals surface area (Å²) < 4.78 is 5.33. The first-order valence-electron chi connectivity index (χ1n) is 3.92. The summed E-state index contributed by atoms with van der Waals surface area (Å²) in [6.45, 7) is 4.33. The average molecular weight is 398 g/mol. The molecule has 1 aromatic rings. The van der Waals surface area contributed by atoms with Crippen LogP contribution in [0.5, 0.6) is 5.75 Å². The maximum absolute atomic E-state index is 5.33. The van der Waals surface area contributed by atoms with Gasteiger partial charge in [0.1, 0.15) is 12.4 Å². The van der Waals surface area contributed by atoms with Crippen molar-refractivity contribution in [2.24, 2.45) is 0 Å². The summed E-state index contributed by atoms with van der Waals surface area (Å²) in [4.78, 5) is 0. The number of rotatable bonds is 2. The zero-order valence-corrected chi connectivity index (χ0v) is 12.1. The van der Waals surface area contributed by atoms with Crippen LogP contribution in [-0.2, 0) is 0 Å². The van der Waals surface area contributed by atoms with E-state index in [-0.39, 0.29) is 31.1 Å². The Balaban J connectivity index is 0.00000144. The molecular formula is C11H12OU. The Labute approximate surface area is 103 Å². The van der Waals surface area contributed by atoms with Crippen LogP contribution in [0.15, 0.2) is 24.3 Å². The number of hydrogen-bond acceptors (Lipinski definition) is 1. The SMILES string of the molecule is CC#CCOc1ccc(C)cc1.[U]. The molecule has 0 saturated heterocycles. The first-order valence-corrected chi connectivity index (χ1v) is 3.92. The molecule has 0 bridgehead atoms. The number of aryl methyl sites for hydroxylation is 1. The van der Waals surface area contributed by atoms with Crippen LogP contribution in [0.2, 0.25) is 0 Å². The van der Waals surface area contributed by atoms with Crippen molar-refractivity contribution in [2.45, 2.75) is 13.8 Å². The summed E-state index contributed by atoms with van der Waals surface area (Å²) >= 11 is 0. The topological polar surface area (TPSA) is 9.23 Å². The summed E-state index contributed by atoms with van der Waals surface area (Å²) in [6, 6.07) is 7.95. The Morgan fingerprint density at radius 2 is 1.85 bits per heavy atom. The maximum Gasteiger partial charge on any atom is 0.149 e. The van der Waals surface area contributed by atoms with Crippen molar-refractivity contribution >= 4 is 0 Å². The molecule has 0 fully saturated rings. The van der Waals surface area contributed by atoms with Gasteiger partial charge in [0.15, 0.2) is 0 Å². The van der Waals surface area contributed by atoms with Crippen molar-refractivity contribution in [1.82, 2.24) is 0 Å². The van der Waals surface area contributed by atoms with Gasteiger partial charge in [0, 0.05) is 31.1 Å². The second kappa shape index (κ2) is 7.08. The molecule has 0 amide bonds. The molecule has 0 aromatic heterocycles. The van der Waals surface area contributed by atoms with Crippen molar-refractivity contribution in [3.05, 3.63) is 29.8 Å². The first kappa shape index (κ1) is 12.6. The van der Waals surface area contributed by atoms with Gasteiger partial charge < -0.3 is 4.74 Å². The Bertz CT molecular complexity index is 292. The van der Waals surface area contributed by atoms with Crippen LogP contribution in [0.3, 0.4) is 0 Å². The first-order chi connectivity index (χ1) is 5.83. The number of ether oxygens (including phenoxy) is 1. The van der Waals surface area contributed by atoms with E-state index in [4.69, 9.17) is 4.74 Å². The van der Waals surface area contributed by atoms with Gasteiger partial charge in [-0.2, -0.15) is 0 Å². The molecule has 0 radical (unpaired) electrons. The van der Waals surface area contributed by atoms with Gasteiger partial charge in [-0.05, 0) is 26.0 Å². The number of benzene rings is 1. The molecule has 0 spiro atoms. The van der Waals surface area contributed by atoms with E-state index in [1.807, 2.05) is 24.3 Å². The molecule has 1 rings (SSSR count). The summed E-state index contributed by atoms with van der Waals surface area (Å²) in [6.07, 6.45) is 0. The van der Waals surface area contributed by atoms with Crippen molar-refractivity contribution in [2.75, 3.05) is 6.61 Å². The molecule has 0 N–H and O–H groups in total. The molecule has 1 aromatic carbocycles. The minimum Gasteiger partial charge on any atom is -0.481 e. The Kier molecular flexibility index (Phi) is 6.88. The van der Waals surface area contributed by atoms with Gasteiger partial charge in [0.25, 0.3) is 0 Å². The van der Waals surface area contributed by atoms with Crippen LogP contribution in [0.4, 0.5) is 0 Å². The van der Waals surface area contributed by atoms with Crippen LogP contribution in [0, 0.1) is 49.9 Å². The van der Waals surface area contributed by atoms with E-state index in [0.29, 0.717) is 6.61 Å². The van der Waals surface area contributed by atoms with E-state index >= 15 is 0 Å². The zero-order chi connectivity index (χ0) is 8.81. The van der Waals surface area contributed by atoms with Gasteiger partial charge in [-0.3, -0.25) is 0 Å². The minimum absolute atomic E-state index is 0. The summed E-state index contributed by atoms with van der Waals surface area (Å²) in [5.74, 6) is 6.49. The molecule has 0 unspecified atom stereocenters. The summed E-state index contributed by atoms with van der Waals surface area (Å²) in [5.41, 5.74) is 1.24. The van der Waals surface area contributed by atoms with Gasteiger partial charge in [-0.1, -0.05) is 23.6 Å². The fourth-order valence-corrected chi connectivity index (χ4v) is 0.826. The van der Waals surface area contributed by atoms with Crippen molar-refractivity contribution in [3.8, 4) is 17.6 Å². The third kappa shape index (κ3) is 5.04. The standard InChI is InChI=1S/C11H12O.U/c1-3-4-9-12-11-7-5-10(2)6-8-11;/h5-8H,9H2,1-2H3;. The zero-order valence-electron chi connectivity index (χ0n) is 7.92. The van der Waals surface area contributed by atoms with E-state index in [2.05, 4.69) is 18.8 Å². The monoisotopic (exact) mass is 398 g/mol. The summed E-state index contributed by atoms with van der Waals surface area (Å²) in [7, 11) is 0. The molecule has 13 heavy (non-hydrogen) atoms. The van der Waals surface area contributed by atoms with E-state index in [1.54, 1.807) is 6.92 Å². The second-order valence-electron chi connectivity index (χ2n) is 2.53. The molecule has 0 aliphatic rings. The van der Waals surface area contributed by atoms with E-state index in [0.717, 1.165) is 5.75 Å². The van der Waals surface area contributed by atoms with Gasteiger partial charge >= 0.3 is 0 Å². The third-order valence-corrected chi connectivity index (χ3v) is 1.51. The van der Waals surface area contributed by atoms with Crippen LogP contribution in [0.25, 0.3) is 0 Å². The Hall–Kier alpha value is -0.368. The fraction of sp³-hybridized carbons (Fsp3) is 0.273. The molecule has 1 nitrogen and oxygen atoms in total. The average Bonchev–Trinajstić information content (AvgIpc) is 2.09. The minimum atomic E-state index is 0. The molecule has 0 heterocycles. The van der Waals surface area contributed by atoms with Gasteiger partial charge in [0.05, 0.1) is 0 Å². The van der Waals surface area contributed by atoms with Crippen LogP contribution >= 0.6 is 0 Å². The quantitative estimate of drug-likeness (QED) is 0.696. The smallest absolute Gasteiger partial charge is 0.149 e. The van der Waals surface area contributed by atoms with Crippen molar-refractivity contribution < 1.29 is 35.9 Å². The van der Waals surface area contributed by atoms with E-state index in [9.17, 15) is 0 Å². The fourth-order valence-electron chi connectivity index (χ4n) is 0.826. The molecule has 0 aliphatic carbocycles. The van der Waals surface area contributed by atoms with Gasteiger partial charge in [0.2, 0.25) is 0 Å². The molecule has 0 atom stereocenters. The second-order valence-corrected chi connectivity index (χ2v) is 2.53. The molecule has 0 saturated carbocycles. The van der Waals surface area contributed by atoms with Gasteiger partial charge in [-0.15, -0.1) is 5.92 Å². The molecule has 66 valence electrons. The number of hydrogen-bond donors (Lipinski definition) is 0.